The molecule has 1 aliphatic heterocycles. The van der Waals surface area contributed by atoms with Crippen LogP contribution < -0.4 is 5.32 Å². The van der Waals surface area contributed by atoms with Gasteiger partial charge in [-0.3, -0.25) is 4.79 Å². The van der Waals surface area contributed by atoms with Crippen molar-refractivity contribution in [1.29, 1.82) is 0 Å². The topological polar surface area (TPSA) is 61.9 Å². The molecule has 1 aliphatic rings. The number of carbonyl (C=O) groups excluding carboxylic acids is 2. The van der Waals surface area contributed by atoms with Crippen molar-refractivity contribution in [2.45, 2.75) is 6.92 Å². The number of piperazine rings is 1. The molecule has 1 fully saturated rings. The summed E-state index contributed by atoms with van der Waals surface area (Å²) in [4.78, 5) is 27.9. The Morgan fingerprint density at radius 3 is 2.50 bits per heavy atom. The first kappa shape index (κ1) is 16.3. The molecule has 0 spiro atoms. The van der Waals surface area contributed by atoms with E-state index in [0.717, 1.165) is 5.56 Å². The van der Waals surface area contributed by atoms with Gasteiger partial charge in [-0.15, -0.1) is 0 Å². The van der Waals surface area contributed by atoms with Gasteiger partial charge in [0, 0.05) is 45.4 Å². The Morgan fingerprint density at radius 1 is 1.18 bits per heavy atom. The fourth-order valence-corrected chi connectivity index (χ4v) is 2.45. The van der Waals surface area contributed by atoms with Crippen molar-refractivity contribution in [2.75, 3.05) is 46.4 Å². The van der Waals surface area contributed by atoms with E-state index in [9.17, 15) is 9.59 Å². The van der Waals surface area contributed by atoms with E-state index < -0.39 is 0 Å². The molecular formula is C16H23N3O3. The molecule has 3 amide bonds. The van der Waals surface area contributed by atoms with Crippen molar-refractivity contribution in [3.05, 3.63) is 35.4 Å². The molecule has 1 aromatic carbocycles. The van der Waals surface area contributed by atoms with Crippen LogP contribution in [0.25, 0.3) is 0 Å². The Bertz CT molecular complexity index is 525. The van der Waals surface area contributed by atoms with Crippen molar-refractivity contribution < 1.29 is 14.3 Å². The lowest BCUT2D eigenvalue weighted by Gasteiger charge is -2.34. The number of amides is 3. The Labute approximate surface area is 131 Å². The monoisotopic (exact) mass is 305 g/mol. The molecule has 6 nitrogen and oxygen atoms in total. The Hall–Kier alpha value is -2.08. The molecule has 0 unspecified atom stereocenters. The molecule has 120 valence electrons. The summed E-state index contributed by atoms with van der Waals surface area (Å²) in [5, 5.41) is 2.80. The Morgan fingerprint density at radius 2 is 1.86 bits per heavy atom. The van der Waals surface area contributed by atoms with Crippen LogP contribution in [-0.2, 0) is 4.74 Å². The second-order valence-corrected chi connectivity index (χ2v) is 5.37. The summed E-state index contributed by atoms with van der Waals surface area (Å²) in [7, 11) is 1.60. The summed E-state index contributed by atoms with van der Waals surface area (Å²) < 4.78 is 4.90. The smallest absolute Gasteiger partial charge is 0.317 e. The molecule has 1 heterocycles. The van der Waals surface area contributed by atoms with Crippen LogP contribution in [0.1, 0.15) is 15.9 Å². The number of aryl methyl sites for hydroxylation is 1. The largest absolute Gasteiger partial charge is 0.383 e. The Kier molecular flexibility index (Phi) is 5.77. The molecule has 0 saturated carbocycles. The summed E-state index contributed by atoms with van der Waals surface area (Å²) in [6.07, 6.45) is 0. The van der Waals surface area contributed by atoms with Gasteiger partial charge in [0.05, 0.1) is 6.61 Å². The van der Waals surface area contributed by atoms with Crippen LogP contribution in [0.4, 0.5) is 4.79 Å². The lowest BCUT2D eigenvalue weighted by atomic mass is 10.1. The van der Waals surface area contributed by atoms with Crippen LogP contribution in [0.2, 0.25) is 0 Å². The van der Waals surface area contributed by atoms with Gasteiger partial charge in [0.2, 0.25) is 0 Å². The maximum atomic E-state index is 12.4. The number of benzene rings is 1. The van der Waals surface area contributed by atoms with Gasteiger partial charge in [-0.25, -0.2) is 4.79 Å². The summed E-state index contributed by atoms with van der Waals surface area (Å²) in [6.45, 7) is 5.19. The summed E-state index contributed by atoms with van der Waals surface area (Å²) in [5.74, 6) is 0.0307. The second kappa shape index (κ2) is 7.79. The minimum atomic E-state index is -0.0975. The van der Waals surface area contributed by atoms with Crippen LogP contribution in [-0.4, -0.2) is 68.2 Å². The molecule has 2 rings (SSSR count). The molecule has 0 radical (unpaired) electrons. The van der Waals surface area contributed by atoms with Crippen LogP contribution >= 0.6 is 0 Å². The minimum absolute atomic E-state index is 0.0307. The lowest BCUT2D eigenvalue weighted by molar-refractivity contribution is 0.0664. The van der Waals surface area contributed by atoms with Gasteiger partial charge in [0.1, 0.15) is 0 Å². The van der Waals surface area contributed by atoms with E-state index in [-0.39, 0.29) is 11.9 Å². The summed E-state index contributed by atoms with van der Waals surface area (Å²) in [5.41, 5.74) is 1.78. The van der Waals surface area contributed by atoms with E-state index in [1.807, 2.05) is 31.2 Å². The first-order valence-electron chi connectivity index (χ1n) is 7.49. The molecule has 0 bridgehead atoms. The van der Waals surface area contributed by atoms with Crippen molar-refractivity contribution in [3.63, 3.8) is 0 Å². The first-order chi connectivity index (χ1) is 10.6. The third kappa shape index (κ3) is 4.21. The number of nitrogens with zero attached hydrogens (tertiary/aromatic N) is 2. The van der Waals surface area contributed by atoms with Crippen LogP contribution in [0.15, 0.2) is 24.3 Å². The molecule has 1 saturated heterocycles. The maximum Gasteiger partial charge on any atom is 0.317 e. The zero-order valence-corrected chi connectivity index (χ0v) is 13.2. The predicted molar refractivity (Wildman–Crippen MR) is 83.9 cm³/mol. The van der Waals surface area contributed by atoms with E-state index in [1.54, 1.807) is 16.9 Å². The van der Waals surface area contributed by atoms with E-state index in [4.69, 9.17) is 4.74 Å². The van der Waals surface area contributed by atoms with Gasteiger partial charge in [0.25, 0.3) is 5.91 Å². The van der Waals surface area contributed by atoms with Crippen LogP contribution in [0.5, 0.6) is 0 Å². The molecule has 0 aliphatic carbocycles. The summed E-state index contributed by atoms with van der Waals surface area (Å²) in [6, 6.07) is 7.49. The SMILES string of the molecule is COCCNC(=O)N1CCN(C(=O)c2cccc(C)c2)CC1. The third-order valence-corrected chi connectivity index (χ3v) is 3.70. The second-order valence-electron chi connectivity index (χ2n) is 5.37. The fourth-order valence-electron chi connectivity index (χ4n) is 2.45. The van der Waals surface area contributed by atoms with Crippen molar-refractivity contribution in [1.82, 2.24) is 15.1 Å². The van der Waals surface area contributed by atoms with Gasteiger partial charge in [-0.05, 0) is 19.1 Å². The molecule has 0 aromatic heterocycles. The highest BCUT2D eigenvalue weighted by molar-refractivity contribution is 5.94. The highest BCUT2D eigenvalue weighted by Gasteiger charge is 2.24. The van der Waals surface area contributed by atoms with Gasteiger partial charge >= 0.3 is 6.03 Å². The van der Waals surface area contributed by atoms with Gasteiger partial charge in [-0.2, -0.15) is 0 Å². The summed E-state index contributed by atoms with van der Waals surface area (Å²) >= 11 is 0. The lowest BCUT2D eigenvalue weighted by Crippen LogP contribution is -2.53. The van der Waals surface area contributed by atoms with Gasteiger partial charge in [-0.1, -0.05) is 17.7 Å². The molecular weight excluding hydrogens is 282 g/mol. The third-order valence-electron chi connectivity index (χ3n) is 3.70. The molecule has 0 atom stereocenters. The van der Waals surface area contributed by atoms with Crippen molar-refractivity contribution >= 4 is 11.9 Å². The van der Waals surface area contributed by atoms with E-state index in [0.29, 0.717) is 44.9 Å². The maximum absolute atomic E-state index is 12.4. The molecule has 6 heteroatoms. The average molecular weight is 305 g/mol. The zero-order valence-electron chi connectivity index (χ0n) is 13.2. The van der Waals surface area contributed by atoms with E-state index >= 15 is 0 Å². The highest BCUT2D eigenvalue weighted by Crippen LogP contribution is 2.10. The molecule has 1 N–H and O–H groups in total. The number of methoxy groups -OCH3 is 1. The van der Waals surface area contributed by atoms with Crippen LogP contribution in [0, 0.1) is 6.92 Å². The number of urea groups is 1. The molecule has 1 aromatic rings. The van der Waals surface area contributed by atoms with E-state index in [2.05, 4.69) is 5.32 Å². The fraction of sp³-hybridized carbons (Fsp3) is 0.500. The van der Waals surface area contributed by atoms with Crippen molar-refractivity contribution in [2.24, 2.45) is 0 Å². The number of carbonyl (C=O) groups is 2. The quantitative estimate of drug-likeness (QED) is 0.848. The van der Waals surface area contributed by atoms with E-state index in [1.165, 1.54) is 0 Å². The Balaban J connectivity index is 1.84. The van der Waals surface area contributed by atoms with Crippen LogP contribution in [0.3, 0.4) is 0 Å². The number of ether oxygens (including phenoxy) is 1. The number of nitrogens with one attached hydrogen (secondary N) is 1. The number of rotatable bonds is 4. The minimum Gasteiger partial charge on any atom is -0.383 e. The first-order valence-corrected chi connectivity index (χ1v) is 7.49. The number of hydrogen-bond donors (Lipinski definition) is 1. The standard InChI is InChI=1S/C16H23N3O3/c1-13-4-3-5-14(12-13)15(20)18-7-9-19(10-8-18)16(21)17-6-11-22-2/h3-5,12H,6-11H2,1-2H3,(H,17,21). The molecule has 22 heavy (non-hydrogen) atoms. The zero-order chi connectivity index (χ0) is 15.9. The van der Waals surface area contributed by atoms with Gasteiger partial charge in [0.15, 0.2) is 0 Å². The average Bonchev–Trinajstić information content (AvgIpc) is 2.54. The predicted octanol–water partition coefficient (Wildman–Crippen LogP) is 1.11. The highest BCUT2D eigenvalue weighted by atomic mass is 16.5. The van der Waals surface area contributed by atoms with Crippen molar-refractivity contribution in [3.8, 4) is 0 Å². The normalized spacial score (nSPS) is 14.8. The van der Waals surface area contributed by atoms with Gasteiger partial charge < -0.3 is 19.9 Å². The number of hydrogen-bond acceptors (Lipinski definition) is 3.